The van der Waals surface area contributed by atoms with E-state index < -0.39 is 34.3 Å². The molecule has 0 radical (unpaired) electrons. The molecule has 0 atom stereocenters. The van der Waals surface area contributed by atoms with Crippen molar-refractivity contribution in [2.75, 3.05) is 5.73 Å². The van der Waals surface area contributed by atoms with Gasteiger partial charge in [0.1, 0.15) is 11.3 Å². The van der Waals surface area contributed by atoms with Gasteiger partial charge in [0, 0.05) is 17.8 Å². The molecule has 0 bridgehead atoms. The number of nitrogens with zero attached hydrogens (tertiary/aromatic N) is 1. The number of hydrogen-bond acceptors (Lipinski definition) is 5. The first kappa shape index (κ1) is 12.8. The van der Waals surface area contributed by atoms with Crippen LogP contribution < -0.4 is 10.5 Å². The monoisotopic (exact) mass is 246 g/mol. The molecule has 0 saturated heterocycles. The molecule has 1 rings (SSSR count). The minimum atomic E-state index is -3.20. The van der Waals surface area contributed by atoms with Crippen molar-refractivity contribution < 1.29 is 23.2 Å². The Labute approximate surface area is 94.1 Å². The summed E-state index contributed by atoms with van der Waals surface area (Å²) < 4.78 is 28.2. The summed E-state index contributed by atoms with van der Waals surface area (Å²) in [6.45, 7) is -2.19. The van der Waals surface area contributed by atoms with Crippen molar-refractivity contribution in [3.05, 3.63) is 27.8 Å². The van der Waals surface area contributed by atoms with Gasteiger partial charge in [0.2, 0.25) is 0 Å². The van der Waals surface area contributed by atoms with Crippen molar-refractivity contribution in [3.63, 3.8) is 0 Å². The Morgan fingerprint density at radius 1 is 1.53 bits per heavy atom. The van der Waals surface area contributed by atoms with Crippen LogP contribution in [0.4, 0.5) is 20.2 Å². The van der Waals surface area contributed by atoms with E-state index in [9.17, 15) is 23.7 Å². The van der Waals surface area contributed by atoms with E-state index in [-0.39, 0.29) is 5.69 Å². The summed E-state index contributed by atoms with van der Waals surface area (Å²) >= 11 is 0. The summed E-state index contributed by atoms with van der Waals surface area (Å²) in [6.07, 6.45) is 0. The van der Waals surface area contributed by atoms with Gasteiger partial charge in [-0.05, 0) is 6.92 Å². The number of nitrogens with two attached hydrogens (primary N) is 1. The van der Waals surface area contributed by atoms with Crippen LogP contribution in [-0.4, -0.2) is 17.3 Å². The van der Waals surface area contributed by atoms with Crippen molar-refractivity contribution in [1.29, 1.82) is 0 Å². The van der Waals surface area contributed by atoms with Gasteiger partial charge in [-0.2, -0.15) is 8.78 Å². The van der Waals surface area contributed by atoms with E-state index in [0.29, 0.717) is 0 Å². The van der Waals surface area contributed by atoms with Crippen molar-refractivity contribution in [1.82, 2.24) is 0 Å². The molecule has 0 fully saturated rings. The van der Waals surface area contributed by atoms with E-state index in [1.165, 1.54) is 0 Å². The minimum absolute atomic E-state index is 0.141. The normalized spacial score (nSPS) is 10.4. The Hall–Kier alpha value is -2.25. The molecule has 8 heteroatoms. The summed E-state index contributed by atoms with van der Waals surface area (Å²) in [5, 5.41) is 10.7. The highest BCUT2D eigenvalue weighted by Crippen LogP contribution is 2.32. The molecule has 0 aromatic heterocycles. The number of anilines is 1. The standard InChI is InChI=1S/C9H8F2N2O4/c1-4(14)8-6(13(15)16)2-5(12)3-7(8)17-9(10)11/h2-3,9H,12H2,1H3. The lowest BCUT2D eigenvalue weighted by atomic mass is 10.1. The summed E-state index contributed by atoms with van der Waals surface area (Å²) in [4.78, 5) is 21.0. The number of ether oxygens (including phenoxy) is 1. The lowest BCUT2D eigenvalue weighted by Crippen LogP contribution is -2.09. The number of rotatable bonds is 4. The second-order valence-corrected chi connectivity index (χ2v) is 3.10. The number of alkyl halides is 2. The molecular weight excluding hydrogens is 238 g/mol. The fraction of sp³-hybridized carbons (Fsp3) is 0.222. The van der Waals surface area contributed by atoms with Crippen LogP contribution in [0.1, 0.15) is 17.3 Å². The zero-order valence-corrected chi connectivity index (χ0v) is 8.65. The van der Waals surface area contributed by atoms with E-state index in [1.54, 1.807) is 0 Å². The van der Waals surface area contributed by atoms with Gasteiger partial charge in [-0.25, -0.2) is 0 Å². The molecule has 92 valence electrons. The number of benzene rings is 1. The molecule has 2 N–H and O–H groups in total. The lowest BCUT2D eigenvalue weighted by Gasteiger charge is -2.09. The van der Waals surface area contributed by atoms with Gasteiger partial charge >= 0.3 is 6.61 Å². The van der Waals surface area contributed by atoms with Crippen LogP contribution in [0.2, 0.25) is 0 Å². The molecule has 1 aromatic carbocycles. The van der Waals surface area contributed by atoms with Gasteiger partial charge < -0.3 is 10.5 Å². The number of carbonyl (C=O) groups is 1. The Morgan fingerprint density at radius 3 is 2.53 bits per heavy atom. The molecule has 0 aliphatic rings. The van der Waals surface area contributed by atoms with Gasteiger partial charge in [0.25, 0.3) is 5.69 Å². The van der Waals surface area contributed by atoms with Crippen LogP contribution >= 0.6 is 0 Å². The number of carbonyl (C=O) groups excluding carboxylic acids is 1. The molecule has 0 aliphatic heterocycles. The highest BCUT2D eigenvalue weighted by molar-refractivity contribution is 6.01. The molecule has 1 aromatic rings. The van der Waals surface area contributed by atoms with Gasteiger partial charge in [-0.15, -0.1) is 0 Å². The van der Waals surface area contributed by atoms with Crippen molar-refractivity contribution in [3.8, 4) is 5.75 Å². The van der Waals surface area contributed by atoms with Crippen LogP contribution in [0, 0.1) is 10.1 Å². The van der Waals surface area contributed by atoms with E-state index in [4.69, 9.17) is 5.73 Å². The Kier molecular flexibility index (Phi) is 3.56. The fourth-order valence-corrected chi connectivity index (χ4v) is 1.31. The van der Waals surface area contributed by atoms with Crippen molar-refractivity contribution in [2.45, 2.75) is 13.5 Å². The first-order valence-electron chi connectivity index (χ1n) is 4.36. The predicted octanol–water partition coefficient (Wildman–Crippen LogP) is 1.98. The first-order chi connectivity index (χ1) is 7.82. The van der Waals surface area contributed by atoms with Crippen LogP contribution in [0.15, 0.2) is 12.1 Å². The smallest absolute Gasteiger partial charge is 0.387 e. The van der Waals surface area contributed by atoms with E-state index in [0.717, 1.165) is 19.1 Å². The third-order valence-electron chi connectivity index (χ3n) is 1.87. The van der Waals surface area contributed by atoms with Crippen LogP contribution in [0.3, 0.4) is 0 Å². The molecular formula is C9H8F2N2O4. The average Bonchev–Trinajstić information content (AvgIpc) is 2.14. The summed E-state index contributed by atoms with van der Waals surface area (Å²) in [5.74, 6) is -1.36. The Balaban J connectivity index is 3.46. The van der Waals surface area contributed by atoms with Gasteiger partial charge in [0.15, 0.2) is 5.78 Å². The van der Waals surface area contributed by atoms with Crippen LogP contribution in [-0.2, 0) is 0 Å². The largest absolute Gasteiger partial charge is 0.434 e. The number of nitro benzene ring substituents is 1. The van der Waals surface area contributed by atoms with Gasteiger partial charge in [-0.1, -0.05) is 0 Å². The number of halogens is 2. The SMILES string of the molecule is CC(=O)c1c(OC(F)F)cc(N)cc1[N+](=O)[O-]. The van der Waals surface area contributed by atoms with E-state index in [2.05, 4.69) is 4.74 Å². The number of nitro groups is 1. The quantitative estimate of drug-likeness (QED) is 0.379. The number of nitrogen functional groups attached to an aromatic ring is 1. The molecule has 0 amide bonds. The molecule has 0 heterocycles. The zero-order chi connectivity index (χ0) is 13.2. The number of Topliss-reactive ketones (excluding diaryl/α,β-unsaturated/α-hetero) is 1. The molecule has 0 unspecified atom stereocenters. The molecule has 0 saturated carbocycles. The van der Waals surface area contributed by atoms with E-state index >= 15 is 0 Å². The lowest BCUT2D eigenvalue weighted by molar-refractivity contribution is -0.385. The third-order valence-corrected chi connectivity index (χ3v) is 1.87. The number of hydrogen-bond donors (Lipinski definition) is 1. The average molecular weight is 246 g/mol. The molecule has 0 spiro atoms. The highest BCUT2D eigenvalue weighted by Gasteiger charge is 2.25. The summed E-state index contributed by atoms with van der Waals surface area (Å²) in [6, 6.07) is 1.85. The predicted molar refractivity (Wildman–Crippen MR) is 54.1 cm³/mol. The highest BCUT2D eigenvalue weighted by atomic mass is 19.3. The van der Waals surface area contributed by atoms with Crippen LogP contribution in [0.25, 0.3) is 0 Å². The van der Waals surface area contributed by atoms with Gasteiger partial charge in [0.05, 0.1) is 4.92 Å². The van der Waals surface area contributed by atoms with Crippen LogP contribution in [0.5, 0.6) is 5.75 Å². The van der Waals surface area contributed by atoms with Gasteiger partial charge in [-0.3, -0.25) is 14.9 Å². The Bertz CT molecular complexity index is 476. The number of ketones is 1. The second kappa shape index (κ2) is 4.73. The molecule has 17 heavy (non-hydrogen) atoms. The van der Waals surface area contributed by atoms with Crippen molar-refractivity contribution >= 4 is 17.2 Å². The minimum Gasteiger partial charge on any atom is -0.434 e. The summed E-state index contributed by atoms with van der Waals surface area (Å²) in [5.41, 5.74) is 3.98. The maximum absolute atomic E-state index is 12.1. The fourth-order valence-electron chi connectivity index (χ4n) is 1.31. The maximum Gasteiger partial charge on any atom is 0.387 e. The Morgan fingerprint density at radius 2 is 2.12 bits per heavy atom. The second-order valence-electron chi connectivity index (χ2n) is 3.10. The van der Waals surface area contributed by atoms with E-state index in [1.807, 2.05) is 0 Å². The summed E-state index contributed by atoms with van der Waals surface area (Å²) in [7, 11) is 0. The third kappa shape index (κ3) is 2.86. The maximum atomic E-state index is 12.1. The van der Waals surface area contributed by atoms with Crippen molar-refractivity contribution in [2.24, 2.45) is 0 Å². The zero-order valence-electron chi connectivity index (χ0n) is 8.65. The first-order valence-corrected chi connectivity index (χ1v) is 4.36. The molecule has 6 nitrogen and oxygen atoms in total. The topological polar surface area (TPSA) is 95.5 Å². The molecule has 0 aliphatic carbocycles.